The van der Waals surface area contributed by atoms with E-state index in [1.165, 1.54) is 0 Å². The van der Waals surface area contributed by atoms with Crippen LogP contribution in [0.25, 0.3) is 0 Å². The molecular weight excluding hydrogens is 349 g/mol. The summed E-state index contributed by atoms with van der Waals surface area (Å²) in [4.78, 5) is 10.3. The maximum atomic E-state index is 12.6. The normalized spacial score (nSPS) is 25.2. The third kappa shape index (κ3) is 6.14. The summed E-state index contributed by atoms with van der Waals surface area (Å²) in [6, 6.07) is 7.44. The van der Waals surface area contributed by atoms with Gasteiger partial charge in [-0.3, -0.25) is 4.57 Å². The summed E-state index contributed by atoms with van der Waals surface area (Å²) in [7, 11) is -1.66. The first-order valence-electron chi connectivity index (χ1n) is 8.38. The Morgan fingerprint density at radius 1 is 1.29 bits per heavy atom. The fourth-order valence-corrected chi connectivity index (χ4v) is 5.45. The van der Waals surface area contributed by atoms with Crippen molar-refractivity contribution in [1.29, 1.82) is 0 Å². The Bertz CT molecular complexity index is 546. The first kappa shape index (κ1) is 19.9. The van der Waals surface area contributed by atoms with Crippen LogP contribution in [-0.2, 0) is 15.8 Å². The third-order valence-electron chi connectivity index (χ3n) is 4.64. The van der Waals surface area contributed by atoms with E-state index < -0.39 is 13.5 Å². The average molecular weight is 376 g/mol. The summed E-state index contributed by atoms with van der Waals surface area (Å²) in [5.74, 6) is 0. The van der Waals surface area contributed by atoms with Crippen LogP contribution < -0.4 is 5.32 Å². The fourth-order valence-electron chi connectivity index (χ4n) is 3.19. The number of hydrogen-bond donors (Lipinski definition) is 3. The SMILES string of the molecule is COC1CCC(P(=O)(O)C[C@@H](O)CNCc2ccc(Cl)cc2)CC1. The molecule has 0 heterocycles. The number of ether oxygens (including phenoxy) is 1. The van der Waals surface area contributed by atoms with E-state index in [-0.39, 0.29) is 17.9 Å². The molecule has 0 spiro atoms. The van der Waals surface area contributed by atoms with Gasteiger partial charge in [0.1, 0.15) is 0 Å². The number of methoxy groups -OCH3 is 1. The molecule has 1 unspecified atom stereocenters. The van der Waals surface area contributed by atoms with Gasteiger partial charge in [-0.2, -0.15) is 0 Å². The highest BCUT2D eigenvalue weighted by molar-refractivity contribution is 7.58. The number of hydrogen-bond acceptors (Lipinski definition) is 4. The van der Waals surface area contributed by atoms with Crippen molar-refractivity contribution >= 4 is 19.0 Å². The molecule has 0 aliphatic heterocycles. The minimum Gasteiger partial charge on any atom is -0.391 e. The van der Waals surface area contributed by atoms with E-state index in [9.17, 15) is 14.6 Å². The maximum absolute atomic E-state index is 12.6. The van der Waals surface area contributed by atoms with Crippen LogP contribution >= 0.6 is 19.0 Å². The zero-order valence-corrected chi connectivity index (χ0v) is 15.7. The lowest BCUT2D eigenvalue weighted by atomic mass is 9.97. The molecule has 1 fully saturated rings. The Hall–Kier alpha value is -0.420. The van der Waals surface area contributed by atoms with Crippen molar-refractivity contribution in [3.63, 3.8) is 0 Å². The van der Waals surface area contributed by atoms with E-state index >= 15 is 0 Å². The fraction of sp³-hybridized carbons (Fsp3) is 0.647. The quantitative estimate of drug-likeness (QED) is 0.609. The van der Waals surface area contributed by atoms with E-state index in [4.69, 9.17) is 16.3 Å². The molecule has 0 bridgehead atoms. The summed E-state index contributed by atoms with van der Waals surface area (Å²) in [5.41, 5.74) is 0.839. The summed E-state index contributed by atoms with van der Waals surface area (Å²) in [6.07, 6.45) is 2.34. The molecule has 2 rings (SSSR count). The Labute approximate surface area is 148 Å². The van der Waals surface area contributed by atoms with E-state index in [2.05, 4.69) is 5.32 Å². The van der Waals surface area contributed by atoms with Gasteiger partial charge in [-0.15, -0.1) is 0 Å². The van der Waals surface area contributed by atoms with Crippen LogP contribution in [0.2, 0.25) is 5.02 Å². The van der Waals surface area contributed by atoms with Crippen molar-refractivity contribution in [3.8, 4) is 0 Å². The predicted octanol–water partition coefficient (Wildman–Crippen LogP) is 3.02. The van der Waals surface area contributed by atoms with Gasteiger partial charge in [-0.05, 0) is 43.4 Å². The van der Waals surface area contributed by atoms with E-state index in [0.717, 1.165) is 18.4 Å². The zero-order chi connectivity index (χ0) is 17.6. The average Bonchev–Trinajstić information content (AvgIpc) is 2.56. The van der Waals surface area contributed by atoms with Gasteiger partial charge in [0.05, 0.1) is 18.4 Å². The summed E-state index contributed by atoms with van der Waals surface area (Å²) in [6.45, 7) is 0.878. The van der Waals surface area contributed by atoms with Crippen LogP contribution in [0, 0.1) is 0 Å². The van der Waals surface area contributed by atoms with Crippen LogP contribution in [0.1, 0.15) is 31.2 Å². The lowest BCUT2D eigenvalue weighted by molar-refractivity contribution is 0.0707. The Morgan fingerprint density at radius 3 is 2.50 bits per heavy atom. The first-order valence-corrected chi connectivity index (χ1v) is 10.7. The van der Waals surface area contributed by atoms with Crippen molar-refractivity contribution in [1.82, 2.24) is 5.32 Å². The van der Waals surface area contributed by atoms with Crippen LogP contribution in [0.5, 0.6) is 0 Å². The Morgan fingerprint density at radius 2 is 1.92 bits per heavy atom. The van der Waals surface area contributed by atoms with E-state index in [0.29, 0.717) is 31.0 Å². The molecule has 1 aromatic rings. The van der Waals surface area contributed by atoms with Crippen LogP contribution in [0.15, 0.2) is 24.3 Å². The molecule has 24 heavy (non-hydrogen) atoms. The number of rotatable bonds is 8. The second kappa shape index (κ2) is 9.33. The Balaban J connectivity index is 1.73. The van der Waals surface area contributed by atoms with Gasteiger partial charge in [0.2, 0.25) is 7.37 Å². The largest absolute Gasteiger partial charge is 0.391 e. The second-order valence-corrected chi connectivity index (χ2v) is 9.56. The molecule has 1 aliphatic carbocycles. The lowest BCUT2D eigenvalue weighted by Crippen LogP contribution is -2.32. The zero-order valence-electron chi connectivity index (χ0n) is 14.0. The van der Waals surface area contributed by atoms with E-state index in [1.54, 1.807) is 7.11 Å². The van der Waals surface area contributed by atoms with Gasteiger partial charge < -0.3 is 20.1 Å². The van der Waals surface area contributed by atoms with Crippen molar-refractivity contribution in [2.45, 2.75) is 50.1 Å². The molecule has 1 aliphatic rings. The molecule has 0 saturated heterocycles. The second-order valence-electron chi connectivity index (χ2n) is 6.52. The van der Waals surface area contributed by atoms with Gasteiger partial charge in [-0.1, -0.05) is 23.7 Å². The topological polar surface area (TPSA) is 78.8 Å². The van der Waals surface area contributed by atoms with Crippen LogP contribution in [0.4, 0.5) is 0 Å². The van der Waals surface area contributed by atoms with Crippen molar-refractivity contribution in [2.75, 3.05) is 19.8 Å². The molecule has 5 nitrogen and oxygen atoms in total. The van der Waals surface area contributed by atoms with Gasteiger partial charge in [0, 0.05) is 30.9 Å². The molecule has 0 amide bonds. The standard InChI is InChI=1S/C17H27ClNO4P/c1-23-16-6-8-17(9-7-16)24(21,22)12-15(20)11-19-10-13-2-4-14(18)5-3-13/h2-5,15-17,19-20H,6-12H2,1H3,(H,21,22)/t15-,16?,17?/m0/s1. The minimum atomic E-state index is -3.34. The third-order valence-corrected chi connectivity index (χ3v) is 7.50. The highest BCUT2D eigenvalue weighted by Gasteiger charge is 2.35. The van der Waals surface area contributed by atoms with Gasteiger partial charge >= 0.3 is 0 Å². The highest BCUT2D eigenvalue weighted by Crippen LogP contribution is 2.52. The molecule has 1 saturated carbocycles. The minimum absolute atomic E-state index is 0.0526. The number of aliphatic hydroxyl groups is 1. The molecule has 3 N–H and O–H groups in total. The van der Waals surface area contributed by atoms with Crippen molar-refractivity contribution < 1.29 is 19.3 Å². The first-order chi connectivity index (χ1) is 11.4. The number of nitrogens with one attached hydrogen (secondary N) is 1. The monoisotopic (exact) mass is 375 g/mol. The summed E-state index contributed by atoms with van der Waals surface area (Å²) >= 11 is 5.83. The number of halogens is 1. The smallest absolute Gasteiger partial charge is 0.206 e. The van der Waals surface area contributed by atoms with Crippen molar-refractivity contribution in [2.24, 2.45) is 0 Å². The number of benzene rings is 1. The molecule has 2 atom stereocenters. The number of aliphatic hydroxyl groups excluding tert-OH is 1. The van der Waals surface area contributed by atoms with Crippen molar-refractivity contribution in [3.05, 3.63) is 34.9 Å². The highest BCUT2D eigenvalue weighted by atomic mass is 35.5. The lowest BCUT2D eigenvalue weighted by Gasteiger charge is -2.31. The van der Waals surface area contributed by atoms with Crippen LogP contribution in [0.3, 0.4) is 0 Å². The maximum Gasteiger partial charge on any atom is 0.206 e. The molecule has 136 valence electrons. The Kier molecular flexibility index (Phi) is 7.73. The molecular formula is C17H27ClNO4P. The van der Waals surface area contributed by atoms with E-state index in [1.807, 2.05) is 24.3 Å². The summed E-state index contributed by atoms with van der Waals surface area (Å²) < 4.78 is 17.9. The van der Waals surface area contributed by atoms with Gasteiger partial charge in [0.15, 0.2) is 0 Å². The van der Waals surface area contributed by atoms with Crippen LogP contribution in [-0.4, -0.2) is 47.7 Å². The summed E-state index contributed by atoms with van der Waals surface area (Å²) in [5, 5.41) is 13.9. The van der Waals surface area contributed by atoms with Gasteiger partial charge in [-0.25, -0.2) is 0 Å². The van der Waals surface area contributed by atoms with Gasteiger partial charge in [0.25, 0.3) is 0 Å². The molecule has 0 aromatic heterocycles. The molecule has 1 aromatic carbocycles. The molecule has 0 radical (unpaired) electrons. The predicted molar refractivity (Wildman–Crippen MR) is 96.9 cm³/mol. The molecule has 7 heteroatoms.